The summed E-state index contributed by atoms with van der Waals surface area (Å²) in [5.41, 5.74) is 2.48. The molecule has 1 amide bonds. The molecule has 0 aliphatic carbocycles. The molecule has 1 saturated heterocycles. The first-order valence-corrected chi connectivity index (χ1v) is 9.41. The van der Waals surface area contributed by atoms with E-state index in [0.717, 1.165) is 29.7 Å². The minimum Gasteiger partial charge on any atom is -0.443 e. The van der Waals surface area contributed by atoms with Crippen molar-refractivity contribution in [3.8, 4) is 0 Å². The molecule has 0 spiro atoms. The Bertz CT molecular complexity index is 952. The van der Waals surface area contributed by atoms with E-state index >= 15 is 0 Å². The Morgan fingerprint density at radius 2 is 2.07 bits per heavy atom. The molecular formula is C21H20ClN3O2. The molecular weight excluding hydrogens is 362 g/mol. The Hall–Kier alpha value is -2.66. The summed E-state index contributed by atoms with van der Waals surface area (Å²) in [6.07, 6.45) is 5.82. The SMILES string of the molecule is Cc1cccnc1C(=O)N1CCC[C@H]1c1ncc(Cc2ccc(Cl)cc2)o1. The molecule has 1 atom stereocenters. The second-order valence-electron chi connectivity index (χ2n) is 6.79. The van der Waals surface area contributed by atoms with Crippen molar-refractivity contribution >= 4 is 17.5 Å². The molecule has 1 aliphatic heterocycles. The number of hydrogen-bond donors (Lipinski definition) is 0. The molecule has 3 heterocycles. The largest absolute Gasteiger partial charge is 0.443 e. The quantitative estimate of drug-likeness (QED) is 0.662. The normalized spacial score (nSPS) is 16.7. The van der Waals surface area contributed by atoms with E-state index in [-0.39, 0.29) is 11.9 Å². The van der Waals surface area contributed by atoms with Gasteiger partial charge in [-0.05, 0) is 49.1 Å². The van der Waals surface area contributed by atoms with E-state index in [1.54, 1.807) is 12.4 Å². The van der Waals surface area contributed by atoms with Crippen LogP contribution in [0.25, 0.3) is 0 Å². The molecule has 4 rings (SSSR count). The van der Waals surface area contributed by atoms with Crippen molar-refractivity contribution in [2.24, 2.45) is 0 Å². The van der Waals surface area contributed by atoms with Gasteiger partial charge in [-0.3, -0.25) is 9.78 Å². The van der Waals surface area contributed by atoms with E-state index in [9.17, 15) is 4.79 Å². The third-order valence-electron chi connectivity index (χ3n) is 4.87. The lowest BCUT2D eigenvalue weighted by molar-refractivity contribution is 0.0708. The summed E-state index contributed by atoms with van der Waals surface area (Å²) in [6.45, 7) is 2.59. The number of benzene rings is 1. The summed E-state index contributed by atoms with van der Waals surface area (Å²) in [6, 6.07) is 11.3. The van der Waals surface area contributed by atoms with Gasteiger partial charge in [-0.25, -0.2) is 4.98 Å². The minimum atomic E-state index is -0.141. The molecule has 0 unspecified atom stereocenters. The topological polar surface area (TPSA) is 59.2 Å². The standard InChI is InChI=1S/C21H20ClN3O2/c1-14-4-2-10-23-19(14)21(26)25-11-3-5-18(25)20-24-13-17(27-20)12-15-6-8-16(22)9-7-15/h2,4,6-10,13,18H,3,5,11-12H2,1H3/t18-/m0/s1. The Morgan fingerprint density at radius 3 is 2.85 bits per heavy atom. The Kier molecular flexibility index (Phi) is 4.94. The molecule has 1 fully saturated rings. The van der Waals surface area contributed by atoms with Crippen LogP contribution >= 0.6 is 11.6 Å². The Morgan fingerprint density at radius 1 is 1.26 bits per heavy atom. The average molecular weight is 382 g/mol. The fourth-order valence-corrected chi connectivity index (χ4v) is 3.60. The van der Waals surface area contributed by atoms with Gasteiger partial charge in [-0.2, -0.15) is 0 Å². The van der Waals surface area contributed by atoms with Crippen LogP contribution in [0, 0.1) is 6.92 Å². The van der Waals surface area contributed by atoms with E-state index in [1.165, 1.54) is 0 Å². The molecule has 0 N–H and O–H groups in total. The van der Waals surface area contributed by atoms with Gasteiger partial charge in [-0.1, -0.05) is 29.8 Å². The van der Waals surface area contributed by atoms with Gasteiger partial charge >= 0.3 is 0 Å². The van der Waals surface area contributed by atoms with Crippen molar-refractivity contribution < 1.29 is 9.21 Å². The van der Waals surface area contributed by atoms with Crippen molar-refractivity contribution in [2.75, 3.05) is 6.54 Å². The van der Waals surface area contributed by atoms with Gasteiger partial charge in [0.15, 0.2) is 0 Å². The molecule has 1 aromatic carbocycles. The molecule has 138 valence electrons. The van der Waals surface area contributed by atoms with Gasteiger partial charge in [0.25, 0.3) is 5.91 Å². The van der Waals surface area contributed by atoms with Crippen LogP contribution in [0.2, 0.25) is 5.02 Å². The number of amides is 1. The van der Waals surface area contributed by atoms with Gasteiger partial charge in [0, 0.05) is 24.2 Å². The molecule has 0 bridgehead atoms. The second kappa shape index (κ2) is 7.53. The number of oxazole rings is 1. The van der Waals surface area contributed by atoms with E-state index in [0.29, 0.717) is 29.6 Å². The number of pyridine rings is 1. The highest BCUT2D eigenvalue weighted by Gasteiger charge is 2.34. The van der Waals surface area contributed by atoms with Gasteiger partial charge in [0.2, 0.25) is 5.89 Å². The number of rotatable bonds is 4. The first-order valence-electron chi connectivity index (χ1n) is 9.03. The lowest BCUT2D eigenvalue weighted by Crippen LogP contribution is -2.31. The van der Waals surface area contributed by atoms with Gasteiger partial charge in [0.05, 0.1) is 6.20 Å². The smallest absolute Gasteiger partial charge is 0.273 e. The number of aryl methyl sites for hydroxylation is 1. The first kappa shape index (κ1) is 17.7. The summed E-state index contributed by atoms with van der Waals surface area (Å²) < 4.78 is 5.99. The van der Waals surface area contributed by atoms with Gasteiger partial charge in [0.1, 0.15) is 17.5 Å². The zero-order valence-electron chi connectivity index (χ0n) is 15.1. The van der Waals surface area contributed by atoms with Crippen LogP contribution in [0.3, 0.4) is 0 Å². The maximum Gasteiger partial charge on any atom is 0.273 e. The molecule has 0 radical (unpaired) electrons. The van der Waals surface area contributed by atoms with Crippen molar-refractivity contribution in [3.05, 3.63) is 82.3 Å². The van der Waals surface area contributed by atoms with Crippen LogP contribution < -0.4 is 0 Å². The number of carbonyl (C=O) groups excluding carboxylic acids is 1. The van der Waals surface area contributed by atoms with Crippen molar-refractivity contribution in [2.45, 2.75) is 32.2 Å². The third-order valence-corrected chi connectivity index (χ3v) is 5.13. The van der Waals surface area contributed by atoms with Crippen LogP contribution in [0.15, 0.2) is 53.2 Å². The maximum absolute atomic E-state index is 13.0. The molecule has 5 nitrogen and oxygen atoms in total. The lowest BCUT2D eigenvalue weighted by atomic mass is 10.1. The molecule has 6 heteroatoms. The summed E-state index contributed by atoms with van der Waals surface area (Å²) in [7, 11) is 0. The number of aromatic nitrogens is 2. The molecule has 2 aromatic heterocycles. The second-order valence-corrected chi connectivity index (χ2v) is 7.23. The van der Waals surface area contributed by atoms with Crippen LogP contribution in [-0.2, 0) is 6.42 Å². The first-order chi connectivity index (χ1) is 13.1. The summed E-state index contributed by atoms with van der Waals surface area (Å²) in [5, 5.41) is 0.710. The van der Waals surface area contributed by atoms with Crippen molar-refractivity contribution in [1.82, 2.24) is 14.9 Å². The molecule has 1 aliphatic rings. The fraction of sp³-hybridized carbons (Fsp3) is 0.286. The van der Waals surface area contributed by atoms with Crippen molar-refractivity contribution in [1.29, 1.82) is 0 Å². The number of hydrogen-bond acceptors (Lipinski definition) is 4. The van der Waals surface area contributed by atoms with E-state index in [4.69, 9.17) is 16.0 Å². The third kappa shape index (κ3) is 3.74. The lowest BCUT2D eigenvalue weighted by Gasteiger charge is -2.22. The van der Waals surface area contributed by atoms with E-state index in [1.807, 2.05) is 48.2 Å². The van der Waals surface area contributed by atoms with Crippen molar-refractivity contribution in [3.63, 3.8) is 0 Å². The van der Waals surface area contributed by atoms with Crippen LogP contribution in [0.1, 0.15) is 52.1 Å². The number of likely N-dealkylation sites (tertiary alicyclic amines) is 1. The summed E-state index contributed by atoms with van der Waals surface area (Å²) in [5.74, 6) is 1.31. The highest BCUT2D eigenvalue weighted by molar-refractivity contribution is 6.30. The van der Waals surface area contributed by atoms with Crippen LogP contribution in [-0.4, -0.2) is 27.3 Å². The predicted octanol–water partition coefficient (Wildman–Crippen LogP) is 4.60. The van der Waals surface area contributed by atoms with Crippen LogP contribution in [0.5, 0.6) is 0 Å². The zero-order valence-corrected chi connectivity index (χ0v) is 15.8. The molecule has 3 aromatic rings. The highest BCUT2D eigenvalue weighted by Crippen LogP contribution is 2.33. The molecule has 0 saturated carbocycles. The summed E-state index contributed by atoms with van der Waals surface area (Å²) in [4.78, 5) is 23.5. The predicted molar refractivity (Wildman–Crippen MR) is 103 cm³/mol. The number of halogens is 1. The monoisotopic (exact) mass is 381 g/mol. The number of carbonyl (C=O) groups is 1. The van der Waals surface area contributed by atoms with Gasteiger partial charge < -0.3 is 9.32 Å². The van der Waals surface area contributed by atoms with E-state index < -0.39 is 0 Å². The highest BCUT2D eigenvalue weighted by atomic mass is 35.5. The Labute approximate surface area is 163 Å². The average Bonchev–Trinajstić information content (AvgIpc) is 3.32. The van der Waals surface area contributed by atoms with Crippen LogP contribution in [0.4, 0.5) is 0 Å². The summed E-state index contributed by atoms with van der Waals surface area (Å²) >= 11 is 5.93. The maximum atomic E-state index is 13.0. The zero-order chi connectivity index (χ0) is 18.8. The minimum absolute atomic E-state index is 0.0620. The van der Waals surface area contributed by atoms with E-state index in [2.05, 4.69) is 9.97 Å². The van der Waals surface area contributed by atoms with Gasteiger partial charge in [-0.15, -0.1) is 0 Å². The fourth-order valence-electron chi connectivity index (χ4n) is 3.47. The Balaban J connectivity index is 1.52. The molecule has 27 heavy (non-hydrogen) atoms. The number of nitrogens with zero attached hydrogens (tertiary/aromatic N) is 3.